The molecule has 1 saturated heterocycles. The van der Waals surface area contributed by atoms with Gasteiger partial charge >= 0.3 is 0 Å². The molecule has 2 N–H and O–H groups in total. The van der Waals surface area contributed by atoms with Gasteiger partial charge < -0.3 is 15.4 Å². The van der Waals surface area contributed by atoms with E-state index in [0.717, 1.165) is 18.8 Å². The zero-order valence-electron chi connectivity index (χ0n) is 8.53. The van der Waals surface area contributed by atoms with Crippen molar-refractivity contribution in [2.24, 2.45) is 5.73 Å². The number of nitrogens with two attached hydrogens (primary N) is 1. The van der Waals surface area contributed by atoms with E-state index in [-0.39, 0.29) is 5.54 Å². The Morgan fingerprint density at radius 1 is 1.57 bits per heavy atom. The highest BCUT2D eigenvalue weighted by molar-refractivity contribution is 5.51. The SMILES string of the molecule is COc1cc(N2CC(C)(N)C2)ccn1. The average molecular weight is 193 g/mol. The molecule has 0 bridgehead atoms. The summed E-state index contributed by atoms with van der Waals surface area (Å²) in [6, 6.07) is 3.90. The molecular weight excluding hydrogens is 178 g/mol. The van der Waals surface area contributed by atoms with E-state index in [2.05, 4.69) is 16.8 Å². The van der Waals surface area contributed by atoms with Crippen LogP contribution < -0.4 is 15.4 Å². The number of anilines is 1. The quantitative estimate of drug-likeness (QED) is 0.748. The zero-order chi connectivity index (χ0) is 10.2. The Kier molecular flexibility index (Phi) is 2.07. The predicted octanol–water partition coefficient (Wildman–Crippen LogP) is 0.628. The molecule has 1 fully saturated rings. The van der Waals surface area contributed by atoms with E-state index in [0.29, 0.717) is 5.88 Å². The molecule has 1 aromatic heterocycles. The molecule has 1 aliphatic heterocycles. The highest BCUT2D eigenvalue weighted by Gasteiger charge is 2.34. The third-order valence-electron chi connectivity index (χ3n) is 2.40. The third kappa shape index (κ3) is 1.65. The molecule has 0 unspecified atom stereocenters. The first-order valence-corrected chi connectivity index (χ1v) is 4.65. The van der Waals surface area contributed by atoms with Crippen LogP contribution in [0.1, 0.15) is 6.92 Å². The van der Waals surface area contributed by atoms with Gasteiger partial charge in [0.15, 0.2) is 0 Å². The van der Waals surface area contributed by atoms with E-state index >= 15 is 0 Å². The maximum atomic E-state index is 5.93. The molecule has 0 spiro atoms. The summed E-state index contributed by atoms with van der Waals surface area (Å²) in [5.41, 5.74) is 7.01. The normalized spacial score (nSPS) is 18.9. The van der Waals surface area contributed by atoms with Crippen molar-refractivity contribution in [1.82, 2.24) is 4.98 Å². The third-order valence-corrected chi connectivity index (χ3v) is 2.40. The fourth-order valence-electron chi connectivity index (χ4n) is 1.72. The summed E-state index contributed by atoms with van der Waals surface area (Å²) in [7, 11) is 1.62. The molecule has 0 saturated carbocycles. The lowest BCUT2D eigenvalue weighted by Crippen LogP contribution is -2.65. The van der Waals surface area contributed by atoms with Crippen molar-refractivity contribution in [3.05, 3.63) is 18.3 Å². The summed E-state index contributed by atoms with van der Waals surface area (Å²) in [4.78, 5) is 6.27. The average Bonchev–Trinajstić information content (AvgIpc) is 2.14. The second-order valence-corrected chi connectivity index (χ2v) is 4.07. The Labute approximate surface area is 83.7 Å². The van der Waals surface area contributed by atoms with Crippen molar-refractivity contribution in [1.29, 1.82) is 0 Å². The maximum absolute atomic E-state index is 5.93. The van der Waals surface area contributed by atoms with Crippen LogP contribution in [0.2, 0.25) is 0 Å². The zero-order valence-corrected chi connectivity index (χ0v) is 8.53. The highest BCUT2D eigenvalue weighted by atomic mass is 16.5. The van der Waals surface area contributed by atoms with Gasteiger partial charge in [0, 0.05) is 36.6 Å². The topological polar surface area (TPSA) is 51.4 Å². The fraction of sp³-hybridized carbons (Fsp3) is 0.500. The van der Waals surface area contributed by atoms with E-state index in [4.69, 9.17) is 10.5 Å². The minimum absolute atomic E-state index is 0.0451. The first-order chi connectivity index (χ1) is 6.61. The summed E-state index contributed by atoms with van der Waals surface area (Å²) in [6.07, 6.45) is 1.75. The number of methoxy groups -OCH3 is 1. The van der Waals surface area contributed by atoms with Crippen LogP contribution in [0.3, 0.4) is 0 Å². The van der Waals surface area contributed by atoms with Gasteiger partial charge in [0.2, 0.25) is 5.88 Å². The van der Waals surface area contributed by atoms with Gasteiger partial charge in [-0.05, 0) is 13.0 Å². The Bertz CT molecular complexity index is 330. The lowest BCUT2D eigenvalue weighted by Gasteiger charge is -2.46. The standard InChI is InChI=1S/C10H15N3O/c1-10(11)6-13(7-10)8-3-4-12-9(5-8)14-2/h3-5H,6-7,11H2,1-2H3. The number of ether oxygens (including phenoxy) is 1. The Hall–Kier alpha value is -1.29. The molecule has 4 heteroatoms. The van der Waals surface area contributed by atoms with Gasteiger partial charge in [0.25, 0.3) is 0 Å². The van der Waals surface area contributed by atoms with Crippen molar-refractivity contribution >= 4 is 5.69 Å². The Morgan fingerprint density at radius 3 is 2.86 bits per heavy atom. The fourth-order valence-corrected chi connectivity index (χ4v) is 1.72. The molecule has 0 aromatic carbocycles. The van der Waals surface area contributed by atoms with Crippen molar-refractivity contribution in [3.63, 3.8) is 0 Å². The largest absolute Gasteiger partial charge is 0.481 e. The Morgan fingerprint density at radius 2 is 2.29 bits per heavy atom. The van der Waals surface area contributed by atoms with Crippen molar-refractivity contribution in [3.8, 4) is 5.88 Å². The molecule has 2 rings (SSSR count). The number of hydrogen-bond acceptors (Lipinski definition) is 4. The summed E-state index contributed by atoms with van der Waals surface area (Å²) in [6.45, 7) is 3.84. The molecule has 76 valence electrons. The van der Waals surface area contributed by atoms with Crippen LogP contribution in [0.4, 0.5) is 5.69 Å². The van der Waals surface area contributed by atoms with Gasteiger partial charge in [-0.3, -0.25) is 0 Å². The van der Waals surface area contributed by atoms with E-state index in [1.807, 2.05) is 12.1 Å². The molecule has 1 aliphatic rings. The second kappa shape index (κ2) is 3.13. The molecule has 0 radical (unpaired) electrons. The van der Waals surface area contributed by atoms with Gasteiger partial charge in [-0.1, -0.05) is 0 Å². The van der Waals surface area contributed by atoms with Crippen LogP contribution in [0.15, 0.2) is 18.3 Å². The first-order valence-electron chi connectivity index (χ1n) is 4.65. The molecule has 14 heavy (non-hydrogen) atoms. The van der Waals surface area contributed by atoms with E-state index in [1.165, 1.54) is 0 Å². The number of nitrogens with zero attached hydrogens (tertiary/aromatic N) is 2. The van der Waals surface area contributed by atoms with E-state index in [9.17, 15) is 0 Å². The van der Waals surface area contributed by atoms with Crippen molar-refractivity contribution in [2.75, 3.05) is 25.1 Å². The summed E-state index contributed by atoms with van der Waals surface area (Å²) in [5, 5.41) is 0. The number of rotatable bonds is 2. The van der Waals surface area contributed by atoms with Crippen LogP contribution in [-0.2, 0) is 0 Å². The van der Waals surface area contributed by atoms with Crippen LogP contribution >= 0.6 is 0 Å². The van der Waals surface area contributed by atoms with Gasteiger partial charge in [-0.2, -0.15) is 0 Å². The minimum Gasteiger partial charge on any atom is -0.481 e. The highest BCUT2D eigenvalue weighted by Crippen LogP contribution is 2.27. The van der Waals surface area contributed by atoms with Crippen LogP contribution in [0, 0.1) is 0 Å². The molecule has 0 aliphatic carbocycles. The number of hydrogen-bond donors (Lipinski definition) is 1. The van der Waals surface area contributed by atoms with Crippen molar-refractivity contribution in [2.45, 2.75) is 12.5 Å². The van der Waals surface area contributed by atoms with Crippen molar-refractivity contribution < 1.29 is 4.74 Å². The molecule has 0 atom stereocenters. The molecule has 0 amide bonds. The maximum Gasteiger partial charge on any atom is 0.214 e. The second-order valence-electron chi connectivity index (χ2n) is 4.07. The summed E-state index contributed by atoms with van der Waals surface area (Å²) in [5.74, 6) is 0.646. The smallest absolute Gasteiger partial charge is 0.214 e. The summed E-state index contributed by atoms with van der Waals surface area (Å²) >= 11 is 0. The van der Waals surface area contributed by atoms with Gasteiger partial charge in [-0.15, -0.1) is 0 Å². The number of aromatic nitrogens is 1. The summed E-state index contributed by atoms with van der Waals surface area (Å²) < 4.78 is 5.06. The lowest BCUT2D eigenvalue weighted by atomic mass is 9.93. The predicted molar refractivity (Wildman–Crippen MR) is 55.6 cm³/mol. The monoisotopic (exact) mass is 193 g/mol. The first kappa shape index (κ1) is 9.27. The van der Waals surface area contributed by atoms with Crippen LogP contribution in [0.25, 0.3) is 0 Å². The molecule has 4 nitrogen and oxygen atoms in total. The molecule has 1 aromatic rings. The van der Waals surface area contributed by atoms with Gasteiger partial charge in [0.05, 0.1) is 7.11 Å². The lowest BCUT2D eigenvalue weighted by molar-refractivity contribution is 0.363. The van der Waals surface area contributed by atoms with Crippen LogP contribution in [-0.4, -0.2) is 30.7 Å². The molecular formula is C10H15N3O. The van der Waals surface area contributed by atoms with Crippen LogP contribution in [0.5, 0.6) is 5.88 Å². The van der Waals surface area contributed by atoms with Gasteiger partial charge in [0.1, 0.15) is 0 Å². The van der Waals surface area contributed by atoms with E-state index < -0.39 is 0 Å². The van der Waals surface area contributed by atoms with Gasteiger partial charge in [-0.25, -0.2) is 4.98 Å². The Balaban J connectivity index is 2.11. The van der Waals surface area contributed by atoms with E-state index in [1.54, 1.807) is 13.3 Å². The molecule has 2 heterocycles. The number of pyridine rings is 1. The minimum atomic E-state index is -0.0451.